The Balaban J connectivity index is 1.28. The van der Waals surface area contributed by atoms with E-state index in [1.54, 1.807) is 33.9 Å². The number of para-hydroxylation sites is 2. The predicted octanol–water partition coefficient (Wildman–Crippen LogP) is 5.31. The molecule has 9 nitrogen and oxygen atoms in total. The van der Waals surface area contributed by atoms with E-state index in [4.69, 9.17) is 0 Å². The van der Waals surface area contributed by atoms with Crippen LogP contribution in [-0.2, 0) is 0 Å². The molecule has 0 atom stereocenters. The predicted molar refractivity (Wildman–Crippen MR) is 143 cm³/mol. The van der Waals surface area contributed by atoms with Gasteiger partial charge in [-0.25, -0.2) is 19.3 Å². The van der Waals surface area contributed by atoms with Crippen molar-refractivity contribution >= 4 is 34.3 Å². The first kappa shape index (κ1) is 22.2. The molecule has 0 spiro atoms. The van der Waals surface area contributed by atoms with E-state index in [-0.39, 0.29) is 5.91 Å². The van der Waals surface area contributed by atoms with E-state index >= 15 is 0 Å². The SMILES string of the molecule is Cc1ccc(C(=O)Nc2ccnn2-c2ccccc2)cc1Nc1ncnc2c1cnn2-c1ccccc1. The summed E-state index contributed by atoms with van der Waals surface area (Å²) in [6, 6.07) is 26.7. The van der Waals surface area contributed by atoms with E-state index in [9.17, 15) is 4.79 Å². The maximum atomic E-state index is 13.2. The molecule has 0 aliphatic rings. The van der Waals surface area contributed by atoms with Gasteiger partial charge in [0.2, 0.25) is 0 Å². The number of aryl methyl sites for hydroxylation is 1. The minimum absolute atomic E-state index is 0.245. The number of nitrogens with zero attached hydrogens (tertiary/aromatic N) is 6. The van der Waals surface area contributed by atoms with Crippen molar-refractivity contribution in [2.24, 2.45) is 0 Å². The number of anilines is 3. The molecule has 0 aliphatic carbocycles. The van der Waals surface area contributed by atoms with Crippen LogP contribution < -0.4 is 10.6 Å². The zero-order valence-electron chi connectivity index (χ0n) is 19.9. The van der Waals surface area contributed by atoms with Gasteiger partial charge in [0, 0.05) is 17.3 Å². The summed E-state index contributed by atoms with van der Waals surface area (Å²) in [5.74, 6) is 0.942. The molecule has 0 radical (unpaired) electrons. The van der Waals surface area contributed by atoms with E-state index in [0.29, 0.717) is 22.8 Å². The molecule has 9 heteroatoms. The number of hydrogen-bond donors (Lipinski definition) is 2. The second kappa shape index (κ2) is 9.38. The first-order chi connectivity index (χ1) is 18.2. The van der Waals surface area contributed by atoms with Crippen LogP contribution in [0.3, 0.4) is 0 Å². The van der Waals surface area contributed by atoms with Crippen molar-refractivity contribution in [3.05, 3.63) is 115 Å². The second-order valence-electron chi connectivity index (χ2n) is 8.42. The third-order valence-electron chi connectivity index (χ3n) is 6.00. The lowest BCUT2D eigenvalue weighted by Crippen LogP contribution is -2.15. The van der Waals surface area contributed by atoms with Crippen molar-refractivity contribution in [2.75, 3.05) is 10.6 Å². The lowest BCUT2D eigenvalue weighted by atomic mass is 10.1. The molecule has 6 aromatic rings. The van der Waals surface area contributed by atoms with Crippen molar-refractivity contribution in [3.63, 3.8) is 0 Å². The largest absolute Gasteiger partial charge is 0.339 e. The molecule has 0 unspecified atom stereocenters. The van der Waals surface area contributed by atoms with Crippen LogP contribution in [0.5, 0.6) is 0 Å². The van der Waals surface area contributed by atoms with Gasteiger partial charge in [0.25, 0.3) is 5.91 Å². The summed E-state index contributed by atoms with van der Waals surface area (Å²) in [6.07, 6.45) is 4.89. The Kier molecular flexibility index (Phi) is 5.62. The summed E-state index contributed by atoms with van der Waals surface area (Å²) >= 11 is 0. The minimum Gasteiger partial charge on any atom is -0.339 e. The van der Waals surface area contributed by atoms with Crippen LogP contribution in [0.4, 0.5) is 17.3 Å². The highest BCUT2D eigenvalue weighted by atomic mass is 16.1. The quantitative estimate of drug-likeness (QED) is 0.331. The number of hydrogen-bond acceptors (Lipinski definition) is 6. The highest BCUT2D eigenvalue weighted by molar-refractivity contribution is 6.05. The summed E-state index contributed by atoms with van der Waals surface area (Å²) in [5.41, 5.74) is 4.68. The Bertz CT molecular complexity index is 1710. The number of benzene rings is 3. The van der Waals surface area contributed by atoms with Gasteiger partial charge in [-0.3, -0.25) is 4.79 Å². The molecule has 3 heterocycles. The van der Waals surface area contributed by atoms with Crippen molar-refractivity contribution in [2.45, 2.75) is 6.92 Å². The molecule has 1 amide bonds. The summed E-state index contributed by atoms with van der Waals surface area (Å²) < 4.78 is 3.46. The Morgan fingerprint density at radius 2 is 1.54 bits per heavy atom. The first-order valence-electron chi connectivity index (χ1n) is 11.7. The molecule has 2 N–H and O–H groups in total. The minimum atomic E-state index is -0.245. The third kappa shape index (κ3) is 4.30. The van der Waals surface area contributed by atoms with Crippen molar-refractivity contribution < 1.29 is 4.79 Å². The molecule has 37 heavy (non-hydrogen) atoms. The molecule has 0 aliphatic heterocycles. The Morgan fingerprint density at radius 1 is 0.811 bits per heavy atom. The first-order valence-corrected chi connectivity index (χ1v) is 11.7. The van der Waals surface area contributed by atoms with Crippen molar-refractivity contribution in [1.82, 2.24) is 29.5 Å². The van der Waals surface area contributed by atoms with Crippen LogP contribution in [0, 0.1) is 6.92 Å². The van der Waals surface area contributed by atoms with E-state index in [1.165, 1.54) is 6.33 Å². The van der Waals surface area contributed by atoms with Crippen LogP contribution in [0.25, 0.3) is 22.4 Å². The summed E-state index contributed by atoms with van der Waals surface area (Å²) in [4.78, 5) is 22.0. The number of aromatic nitrogens is 6. The zero-order valence-corrected chi connectivity index (χ0v) is 19.9. The smallest absolute Gasteiger partial charge is 0.256 e. The Labute approximate surface area is 212 Å². The zero-order chi connectivity index (χ0) is 25.2. The number of carbonyl (C=O) groups is 1. The molecule has 3 aromatic carbocycles. The van der Waals surface area contributed by atoms with Crippen LogP contribution >= 0.6 is 0 Å². The molecule has 3 aromatic heterocycles. The maximum Gasteiger partial charge on any atom is 0.256 e. The summed E-state index contributed by atoms with van der Waals surface area (Å²) in [5, 5.41) is 16.0. The monoisotopic (exact) mass is 486 g/mol. The van der Waals surface area contributed by atoms with Crippen LogP contribution in [0.1, 0.15) is 15.9 Å². The number of fused-ring (bicyclic) bond motifs is 1. The highest BCUT2D eigenvalue weighted by Gasteiger charge is 2.15. The fourth-order valence-corrected chi connectivity index (χ4v) is 4.09. The molecule has 180 valence electrons. The Hall–Kier alpha value is -5.31. The normalized spacial score (nSPS) is 10.9. The standard InChI is InChI=1S/C28H22N8O/c1-19-12-13-20(28(37)34-25-14-15-31-35(25)21-8-4-2-5-9-21)16-24(19)33-26-23-17-32-36(27(23)30-18-29-26)22-10-6-3-7-11-22/h2-18H,1H3,(H,34,37)(H,29,30,33). The maximum absolute atomic E-state index is 13.2. The molecular formula is C28H22N8O. The van der Waals surface area contributed by atoms with Crippen LogP contribution in [0.15, 0.2) is 104 Å². The summed E-state index contributed by atoms with van der Waals surface area (Å²) in [6.45, 7) is 1.97. The third-order valence-corrected chi connectivity index (χ3v) is 6.00. The molecule has 0 saturated heterocycles. The number of rotatable bonds is 6. The molecule has 0 fully saturated rings. The van der Waals surface area contributed by atoms with Gasteiger partial charge < -0.3 is 10.6 Å². The Morgan fingerprint density at radius 3 is 2.30 bits per heavy atom. The molecular weight excluding hydrogens is 464 g/mol. The fraction of sp³-hybridized carbons (Fsp3) is 0.0357. The van der Waals surface area contributed by atoms with Crippen LogP contribution in [-0.4, -0.2) is 35.4 Å². The van der Waals surface area contributed by atoms with E-state index in [0.717, 1.165) is 28.0 Å². The van der Waals surface area contributed by atoms with Gasteiger partial charge in [0.15, 0.2) is 5.65 Å². The second-order valence-corrected chi connectivity index (χ2v) is 8.42. The van der Waals surface area contributed by atoms with E-state index < -0.39 is 0 Å². The molecule has 0 saturated carbocycles. The lowest BCUT2D eigenvalue weighted by molar-refractivity contribution is 0.102. The number of amides is 1. The van der Waals surface area contributed by atoms with Crippen molar-refractivity contribution in [1.29, 1.82) is 0 Å². The van der Waals surface area contributed by atoms with Gasteiger partial charge in [-0.1, -0.05) is 42.5 Å². The van der Waals surface area contributed by atoms with Gasteiger partial charge in [-0.2, -0.15) is 10.2 Å². The van der Waals surface area contributed by atoms with Gasteiger partial charge in [-0.15, -0.1) is 0 Å². The van der Waals surface area contributed by atoms with Gasteiger partial charge in [-0.05, 0) is 48.9 Å². The van der Waals surface area contributed by atoms with E-state index in [2.05, 4.69) is 30.8 Å². The summed E-state index contributed by atoms with van der Waals surface area (Å²) in [7, 11) is 0. The van der Waals surface area contributed by atoms with Gasteiger partial charge >= 0.3 is 0 Å². The highest BCUT2D eigenvalue weighted by Crippen LogP contribution is 2.27. The van der Waals surface area contributed by atoms with Gasteiger partial charge in [0.1, 0.15) is 18.0 Å². The fourth-order valence-electron chi connectivity index (χ4n) is 4.09. The van der Waals surface area contributed by atoms with Crippen molar-refractivity contribution in [3.8, 4) is 11.4 Å². The van der Waals surface area contributed by atoms with Crippen LogP contribution in [0.2, 0.25) is 0 Å². The van der Waals surface area contributed by atoms with E-state index in [1.807, 2.05) is 79.7 Å². The topological polar surface area (TPSA) is 103 Å². The van der Waals surface area contributed by atoms with Gasteiger partial charge in [0.05, 0.1) is 29.2 Å². The number of nitrogens with one attached hydrogen (secondary N) is 2. The number of carbonyl (C=O) groups excluding carboxylic acids is 1. The molecule has 6 rings (SSSR count). The average molecular weight is 487 g/mol. The lowest BCUT2D eigenvalue weighted by Gasteiger charge is -2.13. The average Bonchev–Trinajstić information content (AvgIpc) is 3.59. The molecule has 0 bridgehead atoms.